The van der Waals surface area contributed by atoms with Crippen LogP contribution in [0.5, 0.6) is 28.7 Å². The molecule has 1 fully saturated rings. The lowest BCUT2D eigenvalue weighted by Gasteiger charge is -2.34. The Balaban J connectivity index is 1.22. The molecule has 0 amide bonds. The Bertz CT molecular complexity index is 1160. The molecule has 2 aromatic carbocycles. The van der Waals surface area contributed by atoms with Gasteiger partial charge in [-0.2, -0.15) is 4.98 Å². The van der Waals surface area contributed by atoms with Crippen molar-refractivity contribution in [1.82, 2.24) is 14.9 Å². The van der Waals surface area contributed by atoms with Gasteiger partial charge in [-0.15, -0.1) is 0 Å². The van der Waals surface area contributed by atoms with Gasteiger partial charge in [0, 0.05) is 56.7 Å². The predicted octanol–water partition coefficient (Wildman–Crippen LogP) is 3.30. The lowest BCUT2D eigenvalue weighted by atomic mass is 10.1. The number of piperazine rings is 1. The lowest BCUT2D eigenvalue weighted by molar-refractivity contribution is 0.174. The number of rotatable bonds is 8. The number of fused-ring (bicyclic) bond motifs is 1. The molecular weight excluding hydrogens is 450 g/mol. The van der Waals surface area contributed by atoms with Gasteiger partial charge in [-0.1, -0.05) is 6.07 Å². The molecule has 184 valence electrons. The summed E-state index contributed by atoms with van der Waals surface area (Å²) in [6.07, 6.45) is 1.77. The third-order valence-electron chi connectivity index (χ3n) is 6.08. The highest BCUT2D eigenvalue weighted by Crippen LogP contribution is 2.40. The van der Waals surface area contributed by atoms with Crippen LogP contribution in [0.15, 0.2) is 42.6 Å². The Labute approximate surface area is 204 Å². The zero-order valence-corrected chi connectivity index (χ0v) is 20.1. The SMILES string of the molecule is COc1cc(Nc2ccnc(N3CCN(Cc4ccc5c(c4)OCO5)CC3)n2)cc(OC)c1OC. The number of ether oxygens (including phenoxy) is 5. The van der Waals surface area contributed by atoms with Gasteiger partial charge in [-0.3, -0.25) is 4.90 Å². The number of methoxy groups -OCH3 is 3. The molecule has 0 bridgehead atoms. The van der Waals surface area contributed by atoms with Crippen LogP contribution in [-0.2, 0) is 6.54 Å². The van der Waals surface area contributed by atoms with Crippen molar-refractivity contribution in [1.29, 1.82) is 0 Å². The van der Waals surface area contributed by atoms with E-state index in [2.05, 4.69) is 32.2 Å². The van der Waals surface area contributed by atoms with Crippen molar-refractivity contribution in [2.45, 2.75) is 6.54 Å². The van der Waals surface area contributed by atoms with Crippen LogP contribution < -0.4 is 33.9 Å². The quantitative estimate of drug-likeness (QED) is 0.519. The van der Waals surface area contributed by atoms with Crippen LogP contribution in [0.1, 0.15) is 5.56 Å². The molecule has 0 atom stereocenters. The summed E-state index contributed by atoms with van der Waals surface area (Å²) in [6, 6.07) is 11.7. The fraction of sp³-hybridized carbons (Fsp3) is 0.360. The van der Waals surface area contributed by atoms with Crippen molar-refractivity contribution in [3.05, 3.63) is 48.2 Å². The van der Waals surface area contributed by atoms with E-state index in [-0.39, 0.29) is 0 Å². The van der Waals surface area contributed by atoms with E-state index in [0.29, 0.717) is 35.8 Å². The minimum absolute atomic E-state index is 0.297. The van der Waals surface area contributed by atoms with Gasteiger partial charge in [0.15, 0.2) is 23.0 Å². The summed E-state index contributed by atoms with van der Waals surface area (Å²) >= 11 is 0. The Hall–Kier alpha value is -3.92. The molecule has 10 heteroatoms. The average molecular weight is 480 g/mol. The number of aromatic nitrogens is 2. The van der Waals surface area contributed by atoms with E-state index in [1.165, 1.54) is 5.56 Å². The van der Waals surface area contributed by atoms with Crippen molar-refractivity contribution in [3.63, 3.8) is 0 Å². The lowest BCUT2D eigenvalue weighted by Crippen LogP contribution is -2.46. The molecule has 2 aliphatic heterocycles. The zero-order valence-electron chi connectivity index (χ0n) is 20.1. The number of anilines is 3. The third kappa shape index (κ3) is 4.97. The molecule has 0 aliphatic carbocycles. The standard InChI is InChI=1S/C25H29N5O5/c1-31-21-13-18(14-22(32-2)24(21)33-3)27-23-6-7-26-25(28-23)30-10-8-29(9-11-30)15-17-4-5-19-20(12-17)35-16-34-19/h4-7,12-14H,8-11,15-16H2,1-3H3,(H,26,27,28). The molecule has 35 heavy (non-hydrogen) atoms. The maximum atomic E-state index is 5.50. The molecule has 3 aromatic rings. The van der Waals surface area contributed by atoms with Gasteiger partial charge in [0.2, 0.25) is 18.5 Å². The van der Waals surface area contributed by atoms with Crippen LogP contribution in [0, 0.1) is 0 Å². The van der Waals surface area contributed by atoms with Crippen molar-refractivity contribution in [2.24, 2.45) is 0 Å². The summed E-state index contributed by atoms with van der Waals surface area (Å²) in [4.78, 5) is 13.9. The molecule has 0 saturated carbocycles. The molecule has 1 aromatic heterocycles. The van der Waals surface area contributed by atoms with Crippen molar-refractivity contribution < 1.29 is 23.7 Å². The summed E-state index contributed by atoms with van der Waals surface area (Å²) in [7, 11) is 4.77. The minimum atomic E-state index is 0.297. The van der Waals surface area contributed by atoms with E-state index in [4.69, 9.17) is 28.7 Å². The molecule has 0 unspecified atom stereocenters. The Morgan fingerprint density at radius 1 is 0.886 bits per heavy atom. The molecule has 2 aliphatic rings. The predicted molar refractivity (Wildman–Crippen MR) is 131 cm³/mol. The second kappa shape index (κ2) is 10.1. The Kier molecular flexibility index (Phi) is 6.62. The molecule has 1 N–H and O–H groups in total. The van der Waals surface area contributed by atoms with Crippen LogP contribution in [0.3, 0.4) is 0 Å². The first-order chi connectivity index (χ1) is 17.2. The van der Waals surface area contributed by atoms with Gasteiger partial charge in [0.05, 0.1) is 21.3 Å². The molecule has 10 nitrogen and oxygen atoms in total. The van der Waals surface area contributed by atoms with E-state index in [0.717, 1.165) is 49.9 Å². The van der Waals surface area contributed by atoms with Crippen LogP contribution in [-0.4, -0.2) is 69.2 Å². The van der Waals surface area contributed by atoms with Crippen LogP contribution in [0.4, 0.5) is 17.5 Å². The molecule has 1 saturated heterocycles. The van der Waals surface area contributed by atoms with Crippen molar-refractivity contribution in [3.8, 4) is 28.7 Å². The summed E-state index contributed by atoms with van der Waals surface area (Å²) in [5.74, 6) is 4.71. The zero-order chi connectivity index (χ0) is 24.2. The van der Waals surface area contributed by atoms with Gasteiger partial charge in [0.25, 0.3) is 0 Å². The van der Waals surface area contributed by atoms with Crippen molar-refractivity contribution in [2.75, 3.05) is 64.5 Å². The number of hydrogen-bond acceptors (Lipinski definition) is 10. The summed E-state index contributed by atoms with van der Waals surface area (Å²) in [5.41, 5.74) is 1.99. The highest BCUT2D eigenvalue weighted by Gasteiger charge is 2.21. The minimum Gasteiger partial charge on any atom is -0.493 e. The van der Waals surface area contributed by atoms with Crippen molar-refractivity contribution >= 4 is 17.5 Å². The summed E-state index contributed by atoms with van der Waals surface area (Å²) < 4.78 is 27.2. The Morgan fingerprint density at radius 2 is 1.63 bits per heavy atom. The van der Waals surface area contributed by atoms with Gasteiger partial charge in [-0.25, -0.2) is 4.98 Å². The highest BCUT2D eigenvalue weighted by atomic mass is 16.7. The topological polar surface area (TPSA) is 90.4 Å². The third-order valence-corrected chi connectivity index (χ3v) is 6.08. The van der Waals surface area contributed by atoms with Gasteiger partial charge in [-0.05, 0) is 23.8 Å². The first kappa shape index (κ1) is 22.9. The normalized spacial score (nSPS) is 15.1. The smallest absolute Gasteiger partial charge is 0.231 e. The molecule has 3 heterocycles. The van der Waals surface area contributed by atoms with E-state index in [1.807, 2.05) is 24.3 Å². The molecular formula is C25H29N5O5. The van der Waals surface area contributed by atoms with Crippen LogP contribution in [0.2, 0.25) is 0 Å². The second-order valence-electron chi connectivity index (χ2n) is 8.23. The fourth-order valence-electron chi connectivity index (χ4n) is 4.28. The Morgan fingerprint density at radius 3 is 2.34 bits per heavy atom. The monoisotopic (exact) mass is 479 g/mol. The van der Waals surface area contributed by atoms with Gasteiger partial charge >= 0.3 is 0 Å². The molecule has 0 spiro atoms. The summed E-state index contributed by atoms with van der Waals surface area (Å²) in [6.45, 7) is 4.69. The first-order valence-electron chi connectivity index (χ1n) is 11.4. The van der Waals surface area contributed by atoms with E-state index in [9.17, 15) is 0 Å². The molecule has 5 rings (SSSR count). The number of nitrogens with one attached hydrogen (secondary N) is 1. The largest absolute Gasteiger partial charge is 0.493 e. The number of nitrogens with zero attached hydrogens (tertiary/aromatic N) is 4. The number of benzene rings is 2. The van der Waals surface area contributed by atoms with Gasteiger partial charge < -0.3 is 33.9 Å². The maximum absolute atomic E-state index is 5.50. The van der Waals surface area contributed by atoms with E-state index < -0.39 is 0 Å². The van der Waals surface area contributed by atoms with Gasteiger partial charge in [0.1, 0.15) is 5.82 Å². The maximum Gasteiger partial charge on any atom is 0.231 e. The molecule has 0 radical (unpaired) electrons. The first-order valence-corrected chi connectivity index (χ1v) is 11.4. The fourth-order valence-corrected chi connectivity index (χ4v) is 4.28. The highest BCUT2D eigenvalue weighted by molar-refractivity contribution is 5.67. The van der Waals surface area contributed by atoms with E-state index >= 15 is 0 Å². The van der Waals surface area contributed by atoms with Crippen LogP contribution in [0.25, 0.3) is 0 Å². The second-order valence-corrected chi connectivity index (χ2v) is 8.23. The number of hydrogen-bond donors (Lipinski definition) is 1. The van der Waals surface area contributed by atoms with E-state index in [1.54, 1.807) is 27.5 Å². The average Bonchev–Trinajstić information content (AvgIpc) is 3.36. The summed E-state index contributed by atoms with van der Waals surface area (Å²) in [5, 5.41) is 3.32. The van der Waals surface area contributed by atoms with Crippen LogP contribution >= 0.6 is 0 Å².